The number of nitrogens with zero attached hydrogens (tertiary/aromatic N) is 2. The van der Waals surface area contributed by atoms with Crippen molar-refractivity contribution in [3.05, 3.63) is 58.1 Å². The second-order valence-electron chi connectivity index (χ2n) is 5.64. The molecule has 2 heterocycles. The van der Waals surface area contributed by atoms with Crippen LogP contribution in [0.4, 0.5) is 10.1 Å². The number of carbonyl (C=O) groups excluding carboxylic acids is 1. The van der Waals surface area contributed by atoms with E-state index in [0.717, 1.165) is 4.31 Å². The highest BCUT2D eigenvalue weighted by atomic mass is 79.9. The highest BCUT2D eigenvalue weighted by Crippen LogP contribution is 2.26. The Kier molecular flexibility index (Phi) is 4.82. The molecule has 0 spiro atoms. The fourth-order valence-corrected chi connectivity index (χ4v) is 3.28. The number of fused-ring (bicyclic) bond motifs is 1. The molecule has 26 heavy (non-hydrogen) atoms. The number of nitrogens with one attached hydrogen (secondary N) is 2. The third-order valence-corrected chi connectivity index (χ3v) is 5.58. The maximum absolute atomic E-state index is 14.8. The summed E-state index contributed by atoms with van der Waals surface area (Å²) in [5.74, 6) is -1.53. The predicted octanol–water partition coefficient (Wildman–Crippen LogP) is 2.91. The van der Waals surface area contributed by atoms with Gasteiger partial charge in [0, 0.05) is 41.9 Å². The fraction of sp³-hybridized carbons (Fsp3) is 0.125. The van der Waals surface area contributed by atoms with Crippen molar-refractivity contribution in [1.82, 2.24) is 14.3 Å². The number of aromatic amines is 1. The average molecular weight is 441 g/mol. The van der Waals surface area contributed by atoms with Crippen LogP contribution in [-0.4, -0.2) is 42.6 Å². The zero-order valence-corrected chi connectivity index (χ0v) is 16.1. The Balaban J connectivity index is 2.05. The molecular weight excluding hydrogens is 427 g/mol. The van der Waals surface area contributed by atoms with Crippen molar-refractivity contribution in [2.45, 2.75) is 0 Å². The number of H-pyrrole nitrogens is 1. The van der Waals surface area contributed by atoms with E-state index < -0.39 is 21.8 Å². The van der Waals surface area contributed by atoms with E-state index in [9.17, 15) is 17.6 Å². The first kappa shape index (κ1) is 18.5. The Labute approximate surface area is 157 Å². The van der Waals surface area contributed by atoms with Gasteiger partial charge in [0.2, 0.25) is 0 Å². The number of ketones is 1. The summed E-state index contributed by atoms with van der Waals surface area (Å²) in [5, 5.41) is 0.531. The number of anilines is 1. The summed E-state index contributed by atoms with van der Waals surface area (Å²) in [5.41, 5.74) is 0.176. The van der Waals surface area contributed by atoms with E-state index >= 15 is 0 Å². The van der Waals surface area contributed by atoms with Crippen LogP contribution in [-0.2, 0) is 10.2 Å². The maximum Gasteiger partial charge on any atom is 0.301 e. The molecule has 7 nitrogen and oxygen atoms in total. The van der Waals surface area contributed by atoms with Crippen molar-refractivity contribution in [2.24, 2.45) is 0 Å². The number of halogens is 2. The smallest absolute Gasteiger partial charge is 0.301 e. The second-order valence-corrected chi connectivity index (χ2v) is 8.44. The quantitative estimate of drug-likeness (QED) is 0.596. The first-order chi connectivity index (χ1) is 12.2. The fourth-order valence-electron chi connectivity index (χ4n) is 2.33. The minimum absolute atomic E-state index is 0.236. The van der Waals surface area contributed by atoms with E-state index in [1.165, 1.54) is 38.5 Å². The van der Waals surface area contributed by atoms with Crippen molar-refractivity contribution in [3.63, 3.8) is 0 Å². The highest BCUT2D eigenvalue weighted by Gasteiger charge is 2.22. The summed E-state index contributed by atoms with van der Waals surface area (Å²) in [6, 6.07) is 5.66. The van der Waals surface area contributed by atoms with E-state index in [2.05, 4.69) is 30.6 Å². The van der Waals surface area contributed by atoms with E-state index in [1.807, 2.05) is 0 Å². The Morgan fingerprint density at radius 1 is 1.31 bits per heavy atom. The summed E-state index contributed by atoms with van der Waals surface area (Å²) >= 11 is 3.29. The Morgan fingerprint density at radius 3 is 2.73 bits per heavy atom. The number of hydrogen-bond acceptors (Lipinski definition) is 4. The van der Waals surface area contributed by atoms with Gasteiger partial charge in [0.15, 0.2) is 11.6 Å². The van der Waals surface area contributed by atoms with Gasteiger partial charge in [-0.2, -0.15) is 12.7 Å². The molecular formula is C16H14BrFN4O3S. The monoisotopic (exact) mass is 440 g/mol. The van der Waals surface area contributed by atoms with E-state index in [0.29, 0.717) is 15.5 Å². The molecule has 0 bridgehead atoms. The van der Waals surface area contributed by atoms with Crippen molar-refractivity contribution in [1.29, 1.82) is 0 Å². The van der Waals surface area contributed by atoms with Gasteiger partial charge in [0.1, 0.15) is 5.65 Å². The zero-order chi connectivity index (χ0) is 19.1. The maximum atomic E-state index is 14.8. The topological polar surface area (TPSA) is 95.2 Å². The normalized spacial score (nSPS) is 11.9. The van der Waals surface area contributed by atoms with Crippen molar-refractivity contribution < 1.29 is 17.6 Å². The number of aromatic nitrogens is 2. The van der Waals surface area contributed by atoms with Crippen LogP contribution in [0.5, 0.6) is 0 Å². The van der Waals surface area contributed by atoms with Crippen LogP contribution in [0.15, 0.2) is 41.1 Å². The molecule has 2 N–H and O–H groups in total. The second kappa shape index (κ2) is 6.78. The SMILES string of the molecule is CN(C)S(=O)(=O)Nc1cccc(C(=O)c2c[nH]c3ncc(Br)cc23)c1F. The predicted molar refractivity (Wildman–Crippen MR) is 99.9 cm³/mol. The molecule has 0 aliphatic heterocycles. The molecule has 1 aromatic carbocycles. The van der Waals surface area contributed by atoms with E-state index in [-0.39, 0.29) is 16.8 Å². The summed E-state index contributed by atoms with van der Waals surface area (Å²) in [7, 11) is -1.28. The van der Waals surface area contributed by atoms with E-state index in [1.54, 1.807) is 12.3 Å². The van der Waals surface area contributed by atoms with Gasteiger partial charge >= 0.3 is 10.2 Å². The number of rotatable bonds is 5. The van der Waals surface area contributed by atoms with Crippen LogP contribution in [0.25, 0.3) is 11.0 Å². The van der Waals surface area contributed by atoms with Crippen molar-refractivity contribution in [3.8, 4) is 0 Å². The van der Waals surface area contributed by atoms with Crippen molar-refractivity contribution in [2.75, 3.05) is 18.8 Å². The molecule has 3 aromatic rings. The van der Waals surface area contributed by atoms with Gasteiger partial charge in [-0.1, -0.05) is 6.07 Å². The molecule has 0 atom stereocenters. The lowest BCUT2D eigenvalue weighted by atomic mass is 10.0. The van der Waals surface area contributed by atoms with Gasteiger partial charge in [-0.15, -0.1) is 0 Å². The number of pyridine rings is 1. The van der Waals surface area contributed by atoms with Gasteiger partial charge in [-0.05, 0) is 34.1 Å². The molecule has 2 aromatic heterocycles. The molecule has 0 aliphatic carbocycles. The van der Waals surface area contributed by atoms with Crippen LogP contribution in [0, 0.1) is 5.82 Å². The molecule has 3 rings (SSSR count). The molecule has 10 heteroatoms. The first-order valence-electron chi connectivity index (χ1n) is 7.37. The lowest BCUT2D eigenvalue weighted by Gasteiger charge is -2.14. The number of carbonyl (C=O) groups is 1. The molecule has 0 saturated heterocycles. The Hall–Kier alpha value is -2.30. The van der Waals surface area contributed by atoms with Crippen LogP contribution in [0.2, 0.25) is 0 Å². The lowest BCUT2D eigenvalue weighted by molar-refractivity contribution is 0.103. The third-order valence-electron chi connectivity index (χ3n) is 3.71. The molecule has 0 saturated carbocycles. The largest absolute Gasteiger partial charge is 0.345 e. The Bertz CT molecular complexity index is 1110. The number of benzene rings is 1. The molecule has 0 unspecified atom stereocenters. The molecule has 0 fully saturated rings. The van der Waals surface area contributed by atoms with Crippen LogP contribution < -0.4 is 4.72 Å². The minimum atomic E-state index is -3.90. The standard InChI is InChI=1S/C16H14BrFN4O3S/c1-22(2)26(24,25)21-13-5-3-4-10(14(13)18)15(23)12-8-20-16-11(12)6-9(17)7-19-16/h3-8,21H,1-2H3,(H,19,20). The van der Waals surface area contributed by atoms with Crippen LogP contribution >= 0.6 is 15.9 Å². The Morgan fingerprint density at radius 2 is 2.04 bits per heavy atom. The molecule has 136 valence electrons. The van der Waals surface area contributed by atoms with Gasteiger partial charge in [-0.3, -0.25) is 9.52 Å². The molecule has 0 aliphatic rings. The lowest BCUT2D eigenvalue weighted by Crippen LogP contribution is -2.29. The van der Waals surface area contributed by atoms with Gasteiger partial charge in [0.05, 0.1) is 11.3 Å². The summed E-state index contributed by atoms with van der Waals surface area (Å²) in [6.07, 6.45) is 3.02. The summed E-state index contributed by atoms with van der Waals surface area (Å²) < 4.78 is 42.3. The number of hydrogen-bond donors (Lipinski definition) is 2. The van der Waals surface area contributed by atoms with Gasteiger partial charge < -0.3 is 4.98 Å². The summed E-state index contributed by atoms with van der Waals surface area (Å²) in [6.45, 7) is 0. The first-order valence-corrected chi connectivity index (χ1v) is 9.60. The van der Waals surface area contributed by atoms with Crippen LogP contribution in [0.1, 0.15) is 15.9 Å². The third kappa shape index (κ3) is 3.35. The average Bonchev–Trinajstić information content (AvgIpc) is 2.99. The minimum Gasteiger partial charge on any atom is -0.345 e. The van der Waals surface area contributed by atoms with Gasteiger partial charge in [-0.25, -0.2) is 9.37 Å². The van der Waals surface area contributed by atoms with Crippen molar-refractivity contribution >= 4 is 48.6 Å². The zero-order valence-electron chi connectivity index (χ0n) is 13.7. The van der Waals surface area contributed by atoms with E-state index in [4.69, 9.17) is 0 Å². The highest BCUT2D eigenvalue weighted by molar-refractivity contribution is 9.10. The van der Waals surface area contributed by atoms with Crippen LogP contribution in [0.3, 0.4) is 0 Å². The summed E-state index contributed by atoms with van der Waals surface area (Å²) in [4.78, 5) is 19.8. The molecule has 0 radical (unpaired) electrons. The molecule has 0 amide bonds. The van der Waals surface area contributed by atoms with Gasteiger partial charge in [0.25, 0.3) is 0 Å².